The molecule has 4 heteroatoms. The van der Waals surface area contributed by atoms with Gasteiger partial charge in [-0.05, 0) is 23.8 Å². The molecule has 86 valence electrons. The molecule has 0 saturated carbocycles. The van der Waals surface area contributed by atoms with E-state index in [4.69, 9.17) is 9.84 Å². The lowest BCUT2D eigenvalue weighted by atomic mass is 10.1. The zero-order valence-corrected chi connectivity index (χ0v) is 9.25. The van der Waals surface area contributed by atoms with Crippen molar-refractivity contribution in [2.75, 3.05) is 7.11 Å². The summed E-state index contributed by atoms with van der Waals surface area (Å²) >= 11 is 0. The van der Waals surface area contributed by atoms with Crippen molar-refractivity contribution in [2.45, 2.75) is 0 Å². The molecule has 0 atom stereocenters. The van der Waals surface area contributed by atoms with Crippen LogP contribution >= 0.6 is 0 Å². The van der Waals surface area contributed by atoms with Crippen molar-refractivity contribution in [1.29, 1.82) is 0 Å². The molecule has 0 aliphatic rings. The molecule has 0 bridgehead atoms. The molecule has 1 aromatic heterocycles. The highest BCUT2D eigenvalue weighted by molar-refractivity contribution is 5.87. The van der Waals surface area contributed by atoms with E-state index in [9.17, 15) is 4.79 Å². The van der Waals surface area contributed by atoms with E-state index in [1.165, 1.54) is 6.08 Å². The Morgan fingerprint density at radius 2 is 2.24 bits per heavy atom. The average molecular weight is 229 g/mol. The monoisotopic (exact) mass is 229 g/mol. The molecule has 0 unspecified atom stereocenters. The summed E-state index contributed by atoms with van der Waals surface area (Å²) in [6.07, 6.45) is 4.27. The van der Waals surface area contributed by atoms with Gasteiger partial charge in [-0.3, -0.25) is 4.98 Å². The Balaban J connectivity index is 2.41. The number of pyridine rings is 1. The largest absolute Gasteiger partial charge is 0.495 e. The van der Waals surface area contributed by atoms with Crippen LogP contribution in [0.25, 0.3) is 17.0 Å². The molecule has 1 heterocycles. The number of fused-ring (bicyclic) bond motifs is 1. The summed E-state index contributed by atoms with van der Waals surface area (Å²) in [6, 6.07) is 7.43. The number of carboxylic acids is 1. The smallest absolute Gasteiger partial charge is 0.328 e. The summed E-state index contributed by atoms with van der Waals surface area (Å²) in [5.41, 5.74) is 1.61. The lowest BCUT2D eigenvalue weighted by Gasteiger charge is -2.02. The van der Waals surface area contributed by atoms with Gasteiger partial charge in [0.25, 0.3) is 0 Å². The molecular weight excluding hydrogens is 218 g/mol. The zero-order valence-electron chi connectivity index (χ0n) is 9.25. The van der Waals surface area contributed by atoms with Crippen molar-refractivity contribution in [3.05, 3.63) is 42.1 Å². The van der Waals surface area contributed by atoms with Crippen molar-refractivity contribution in [1.82, 2.24) is 4.98 Å². The van der Waals surface area contributed by atoms with Gasteiger partial charge in [-0.15, -0.1) is 0 Å². The number of hydrogen-bond acceptors (Lipinski definition) is 3. The van der Waals surface area contributed by atoms with Crippen LogP contribution < -0.4 is 4.74 Å². The standard InChI is InChI=1S/C13H11NO3/c1-17-11-7-10-4-2-9(3-5-13(15)16)6-12(10)14-8-11/h2-8H,1H3,(H,15,16)/b5-3+. The predicted molar refractivity (Wildman–Crippen MR) is 65.0 cm³/mol. The summed E-state index contributed by atoms with van der Waals surface area (Å²) in [6.45, 7) is 0. The highest BCUT2D eigenvalue weighted by Gasteiger charge is 1.98. The molecule has 2 rings (SSSR count). The summed E-state index contributed by atoms with van der Waals surface area (Å²) in [4.78, 5) is 14.6. The molecule has 0 aliphatic carbocycles. The van der Waals surface area contributed by atoms with Crippen LogP contribution in [-0.2, 0) is 4.79 Å². The van der Waals surface area contributed by atoms with Gasteiger partial charge in [-0.25, -0.2) is 4.79 Å². The van der Waals surface area contributed by atoms with E-state index in [-0.39, 0.29) is 0 Å². The second-order valence-corrected chi connectivity index (χ2v) is 3.50. The van der Waals surface area contributed by atoms with Gasteiger partial charge < -0.3 is 9.84 Å². The summed E-state index contributed by atoms with van der Waals surface area (Å²) in [5, 5.41) is 9.49. The molecule has 0 amide bonds. The number of ether oxygens (including phenoxy) is 1. The number of aliphatic carboxylic acids is 1. The molecule has 1 N–H and O–H groups in total. The number of benzene rings is 1. The fourth-order valence-electron chi connectivity index (χ4n) is 1.50. The van der Waals surface area contributed by atoms with Crippen molar-refractivity contribution in [3.63, 3.8) is 0 Å². The quantitative estimate of drug-likeness (QED) is 0.820. The van der Waals surface area contributed by atoms with Gasteiger partial charge in [0.2, 0.25) is 0 Å². The van der Waals surface area contributed by atoms with Crippen molar-refractivity contribution >= 4 is 22.9 Å². The topological polar surface area (TPSA) is 59.4 Å². The lowest BCUT2D eigenvalue weighted by Crippen LogP contribution is -1.87. The van der Waals surface area contributed by atoms with Crippen LogP contribution in [0.1, 0.15) is 5.56 Å². The minimum absolute atomic E-state index is 0.700. The Morgan fingerprint density at radius 1 is 1.41 bits per heavy atom. The minimum atomic E-state index is -0.965. The number of hydrogen-bond donors (Lipinski definition) is 1. The molecule has 0 aliphatic heterocycles. The fraction of sp³-hybridized carbons (Fsp3) is 0.0769. The van der Waals surface area contributed by atoms with E-state index in [0.717, 1.165) is 22.5 Å². The summed E-state index contributed by atoms with van der Waals surface area (Å²) in [5.74, 6) is -0.265. The van der Waals surface area contributed by atoms with Crippen LogP contribution in [0.2, 0.25) is 0 Å². The predicted octanol–water partition coefficient (Wildman–Crippen LogP) is 2.34. The first-order valence-corrected chi connectivity index (χ1v) is 5.04. The average Bonchev–Trinajstić information content (AvgIpc) is 2.35. The van der Waals surface area contributed by atoms with Gasteiger partial charge in [0.05, 0.1) is 18.8 Å². The van der Waals surface area contributed by atoms with Crippen LogP contribution in [0, 0.1) is 0 Å². The number of aromatic nitrogens is 1. The van der Waals surface area contributed by atoms with Gasteiger partial charge in [0, 0.05) is 11.5 Å². The molecular formula is C13H11NO3. The summed E-state index contributed by atoms with van der Waals surface area (Å²) < 4.78 is 5.08. The Labute approximate surface area is 98.2 Å². The van der Waals surface area contributed by atoms with Crippen molar-refractivity contribution in [2.24, 2.45) is 0 Å². The molecule has 0 fully saturated rings. The summed E-state index contributed by atoms with van der Waals surface area (Å²) in [7, 11) is 1.59. The highest BCUT2D eigenvalue weighted by Crippen LogP contribution is 2.19. The van der Waals surface area contributed by atoms with E-state index < -0.39 is 5.97 Å². The van der Waals surface area contributed by atoms with Crippen LogP contribution in [0.5, 0.6) is 5.75 Å². The van der Waals surface area contributed by atoms with Crippen LogP contribution in [0.4, 0.5) is 0 Å². The normalized spacial score (nSPS) is 10.9. The van der Waals surface area contributed by atoms with Crippen LogP contribution in [0.15, 0.2) is 36.5 Å². The van der Waals surface area contributed by atoms with Crippen molar-refractivity contribution < 1.29 is 14.6 Å². The van der Waals surface area contributed by atoms with E-state index in [2.05, 4.69) is 4.98 Å². The lowest BCUT2D eigenvalue weighted by molar-refractivity contribution is -0.131. The first-order chi connectivity index (χ1) is 8.19. The Kier molecular flexibility index (Phi) is 3.05. The molecule has 1 aromatic carbocycles. The number of nitrogens with zero attached hydrogens (tertiary/aromatic N) is 1. The first-order valence-electron chi connectivity index (χ1n) is 5.04. The van der Waals surface area contributed by atoms with Gasteiger partial charge in [-0.1, -0.05) is 12.1 Å². The third-order valence-electron chi connectivity index (χ3n) is 2.34. The molecule has 0 saturated heterocycles. The fourth-order valence-corrected chi connectivity index (χ4v) is 1.50. The molecule has 4 nitrogen and oxygen atoms in total. The van der Waals surface area contributed by atoms with E-state index in [1.54, 1.807) is 13.3 Å². The molecule has 0 radical (unpaired) electrons. The third-order valence-corrected chi connectivity index (χ3v) is 2.34. The van der Waals surface area contributed by atoms with E-state index in [1.807, 2.05) is 24.3 Å². The number of methoxy groups -OCH3 is 1. The van der Waals surface area contributed by atoms with E-state index >= 15 is 0 Å². The second kappa shape index (κ2) is 4.65. The first kappa shape index (κ1) is 11.1. The Hall–Kier alpha value is -2.36. The zero-order chi connectivity index (χ0) is 12.3. The third kappa shape index (κ3) is 2.60. The maximum absolute atomic E-state index is 10.4. The molecule has 0 spiro atoms. The maximum atomic E-state index is 10.4. The van der Waals surface area contributed by atoms with Crippen molar-refractivity contribution in [3.8, 4) is 5.75 Å². The van der Waals surface area contributed by atoms with Gasteiger partial charge >= 0.3 is 5.97 Å². The van der Waals surface area contributed by atoms with Crippen LogP contribution in [0.3, 0.4) is 0 Å². The second-order valence-electron chi connectivity index (χ2n) is 3.50. The number of carbonyl (C=O) groups is 1. The van der Waals surface area contributed by atoms with Crippen LogP contribution in [-0.4, -0.2) is 23.2 Å². The van der Waals surface area contributed by atoms with E-state index in [0.29, 0.717) is 5.75 Å². The van der Waals surface area contributed by atoms with Gasteiger partial charge in [-0.2, -0.15) is 0 Å². The SMILES string of the molecule is COc1cnc2cc(/C=C/C(=O)O)ccc2c1. The minimum Gasteiger partial charge on any atom is -0.495 e. The molecule has 2 aromatic rings. The van der Waals surface area contributed by atoms with Gasteiger partial charge in [0.1, 0.15) is 5.75 Å². The van der Waals surface area contributed by atoms with Gasteiger partial charge in [0.15, 0.2) is 0 Å². The Bertz CT molecular complexity index is 590. The highest BCUT2D eigenvalue weighted by atomic mass is 16.5. The number of carboxylic acid groups (broad SMARTS) is 1. The number of rotatable bonds is 3. The Morgan fingerprint density at radius 3 is 2.94 bits per heavy atom. The molecule has 17 heavy (non-hydrogen) atoms. The maximum Gasteiger partial charge on any atom is 0.328 e.